The molecule has 8 heteroatoms. The summed E-state index contributed by atoms with van der Waals surface area (Å²) in [6, 6.07) is 5.02. The van der Waals surface area contributed by atoms with Gasteiger partial charge in [-0.05, 0) is 37.3 Å². The van der Waals surface area contributed by atoms with Crippen LogP contribution in [-0.4, -0.2) is 26.5 Å². The van der Waals surface area contributed by atoms with Gasteiger partial charge in [-0.15, -0.1) is 0 Å². The van der Waals surface area contributed by atoms with E-state index in [-0.39, 0.29) is 11.6 Å². The maximum absolute atomic E-state index is 12.7. The summed E-state index contributed by atoms with van der Waals surface area (Å²) in [6.45, 7) is 0. The summed E-state index contributed by atoms with van der Waals surface area (Å²) in [5, 5.41) is 3.42. The van der Waals surface area contributed by atoms with Gasteiger partial charge in [-0.3, -0.25) is 0 Å². The standard InChI is InChI=1S/C15H19F3N2O2S/c16-15(17,18)11-3-1-2-10(6-11)9-23(21,22)20-14-7-12-4-5-13(8-14)19-12/h1-3,6,12-14,19-20H,4-5,7-9H2. The third kappa shape index (κ3) is 4.24. The second-order valence-electron chi connectivity index (χ2n) is 6.38. The molecule has 0 radical (unpaired) electrons. The molecule has 2 heterocycles. The lowest BCUT2D eigenvalue weighted by atomic mass is 10.0. The van der Waals surface area contributed by atoms with Gasteiger partial charge in [0.2, 0.25) is 10.0 Å². The van der Waals surface area contributed by atoms with E-state index in [1.165, 1.54) is 12.1 Å². The fourth-order valence-corrected chi connectivity index (χ4v) is 4.91. The van der Waals surface area contributed by atoms with Crippen LogP contribution in [0.15, 0.2) is 24.3 Å². The van der Waals surface area contributed by atoms with Gasteiger partial charge in [0.05, 0.1) is 11.3 Å². The summed E-state index contributed by atoms with van der Waals surface area (Å²) in [6.07, 6.45) is -0.898. The van der Waals surface area contributed by atoms with Crippen LogP contribution < -0.4 is 10.0 Å². The normalized spacial score (nSPS) is 28.0. The molecule has 4 nitrogen and oxygen atoms in total. The molecule has 23 heavy (non-hydrogen) atoms. The zero-order chi connectivity index (χ0) is 16.7. The number of alkyl halides is 3. The van der Waals surface area contributed by atoms with E-state index in [0.717, 1.165) is 37.8 Å². The Bertz CT molecular complexity index is 664. The Hall–Kier alpha value is -1.12. The van der Waals surface area contributed by atoms with Crippen molar-refractivity contribution in [2.24, 2.45) is 0 Å². The zero-order valence-corrected chi connectivity index (χ0v) is 13.3. The van der Waals surface area contributed by atoms with Crippen LogP contribution in [0.4, 0.5) is 13.2 Å². The minimum Gasteiger partial charge on any atom is -0.311 e. The van der Waals surface area contributed by atoms with Crippen molar-refractivity contribution in [3.05, 3.63) is 35.4 Å². The van der Waals surface area contributed by atoms with Gasteiger partial charge in [0, 0.05) is 18.1 Å². The molecule has 2 aliphatic heterocycles. The summed E-state index contributed by atoms with van der Waals surface area (Å²) in [5.41, 5.74) is -0.686. The smallest absolute Gasteiger partial charge is 0.311 e. The number of sulfonamides is 1. The van der Waals surface area contributed by atoms with Crippen LogP contribution in [0.25, 0.3) is 0 Å². The summed E-state index contributed by atoms with van der Waals surface area (Å²) >= 11 is 0. The number of rotatable bonds is 4. The van der Waals surface area contributed by atoms with E-state index in [9.17, 15) is 21.6 Å². The minimum absolute atomic E-state index is 0.135. The molecule has 0 spiro atoms. The molecule has 2 bridgehead atoms. The summed E-state index contributed by atoms with van der Waals surface area (Å²) in [7, 11) is -3.66. The maximum atomic E-state index is 12.7. The number of nitrogens with one attached hydrogen (secondary N) is 2. The number of benzene rings is 1. The van der Waals surface area contributed by atoms with Gasteiger partial charge in [-0.25, -0.2) is 13.1 Å². The molecule has 2 N–H and O–H groups in total. The average molecular weight is 348 g/mol. The van der Waals surface area contributed by atoms with E-state index >= 15 is 0 Å². The predicted molar refractivity (Wildman–Crippen MR) is 80.2 cm³/mol. The van der Waals surface area contributed by atoms with Crippen LogP contribution >= 0.6 is 0 Å². The Kier molecular flexibility index (Phi) is 4.41. The lowest BCUT2D eigenvalue weighted by molar-refractivity contribution is -0.137. The first-order chi connectivity index (χ1) is 10.7. The average Bonchev–Trinajstić information content (AvgIpc) is 2.76. The van der Waals surface area contributed by atoms with Gasteiger partial charge < -0.3 is 5.32 Å². The molecular formula is C15H19F3N2O2S. The second kappa shape index (κ2) is 6.07. The minimum atomic E-state index is -4.47. The van der Waals surface area contributed by atoms with Crippen LogP contribution in [0.3, 0.4) is 0 Å². The second-order valence-corrected chi connectivity index (χ2v) is 8.14. The van der Waals surface area contributed by atoms with E-state index in [0.29, 0.717) is 12.1 Å². The molecule has 3 rings (SSSR count). The number of hydrogen-bond donors (Lipinski definition) is 2. The number of fused-ring (bicyclic) bond motifs is 2. The quantitative estimate of drug-likeness (QED) is 0.879. The summed E-state index contributed by atoms with van der Waals surface area (Å²) < 4.78 is 65.2. The molecular weight excluding hydrogens is 329 g/mol. The molecule has 128 valence electrons. The van der Waals surface area contributed by atoms with Crippen molar-refractivity contribution in [2.75, 3.05) is 0 Å². The van der Waals surface area contributed by atoms with Crippen molar-refractivity contribution in [3.8, 4) is 0 Å². The highest BCUT2D eigenvalue weighted by Gasteiger charge is 2.35. The predicted octanol–water partition coefficient (Wildman–Crippen LogP) is 2.41. The van der Waals surface area contributed by atoms with E-state index in [4.69, 9.17) is 0 Å². The Morgan fingerprint density at radius 3 is 2.43 bits per heavy atom. The molecule has 2 atom stereocenters. The molecule has 1 aromatic rings. The summed E-state index contributed by atoms with van der Waals surface area (Å²) in [5.74, 6) is -0.434. The van der Waals surface area contributed by atoms with Crippen molar-refractivity contribution < 1.29 is 21.6 Å². The fourth-order valence-electron chi connectivity index (χ4n) is 3.51. The Morgan fingerprint density at radius 1 is 1.17 bits per heavy atom. The molecule has 1 aromatic carbocycles. The highest BCUT2D eigenvalue weighted by molar-refractivity contribution is 7.88. The van der Waals surface area contributed by atoms with Gasteiger partial charge in [0.1, 0.15) is 0 Å². The Morgan fingerprint density at radius 2 is 1.83 bits per heavy atom. The first-order valence-electron chi connectivity index (χ1n) is 7.63. The monoisotopic (exact) mass is 348 g/mol. The lowest BCUT2D eigenvalue weighted by Gasteiger charge is -2.29. The number of halogens is 3. The first kappa shape index (κ1) is 16.7. The molecule has 2 saturated heterocycles. The molecule has 2 unspecified atom stereocenters. The molecule has 2 fully saturated rings. The van der Waals surface area contributed by atoms with Crippen LogP contribution in [0, 0.1) is 0 Å². The van der Waals surface area contributed by atoms with Gasteiger partial charge in [-0.2, -0.15) is 13.2 Å². The van der Waals surface area contributed by atoms with Gasteiger partial charge in [0.15, 0.2) is 0 Å². The highest BCUT2D eigenvalue weighted by atomic mass is 32.2. The van der Waals surface area contributed by atoms with Gasteiger partial charge >= 0.3 is 6.18 Å². The van der Waals surface area contributed by atoms with E-state index in [1.54, 1.807) is 0 Å². The Labute approximate surface area is 133 Å². The molecule has 2 aliphatic rings. The molecule has 0 aliphatic carbocycles. The van der Waals surface area contributed by atoms with Gasteiger partial charge in [0.25, 0.3) is 0 Å². The third-order valence-corrected chi connectivity index (χ3v) is 5.84. The highest BCUT2D eigenvalue weighted by Crippen LogP contribution is 2.30. The Balaban J connectivity index is 1.67. The lowest BCUT2D eigenvalue weighted by Crippen LogP contribution is -2.48. The topological polar surface area (TPSA) is 58.2 Å². The third-order valence-electron chi connectivity index (χ3n) is 4.43. The van der Waals surface area contributed by atoms with E-state index in [2.05, 4.69) is 10.0 Å². The fraction of sp³-hybridized carbons (Fsp3) is 0.600. The van der Waals surface area contributed by atoms with Crippen molar-refractivity contribution in [1.29, 1.82) is 0 Å². The summed E-state index contributed by atoms with van der Waals surface area (Å²) in [4.78, 5) is 0. The largest absolute Gasteiger partial charge is 0.416 e. The first-order valence-corrected chi connectivity index (χ1v) is 9.29. The van der Waals surface area contributed by atoms with Crippen LogP contribution in [-0.2, 0) is 22.0 Å². The van der Waals surface area contributed by atoms with Crippen molar-refractivity contribution in [3.63, 3.8) is 0 Å². The van der Waals surface area contributed by atoms with Crippen LogP contribution in [0.2, 0.25) is 0 Å². The zero-order valence-electron chi connectivity index (χ0n) is 12.4. The molecule has 0 amide bonds. The van der Waals surface area contributed by atoms with Crippen LogP contribution in [0.5, 0.6) is 0 Å². The number of piperidine rings is 1. The molecule has 0 saturated carbocycles. The van der Waals surface area contributed by atoms with Crippen molar-refractivity contribution >= 4 is 10.0 Å². The number of hydrogen-bond acceptors (Lipinski definition) is 3. The van der Waals surface area contributed by atoms with Crippen molar-refractivity contribution in [2.45, 2.75) is 55.7 Å². The van der Waals surface area contributed by atoms with Gasteiger partial charge in [-0.1, -0.05) is 18.2 Å². The van der Waals surface area contributed by atoms with E-state index < -0.39 is 27.5 Å². The SMILES string of the molecule is O=S(=O)(Cc1cccc(C(F)(F)F)c1)NC1CC2CCC(C1)N2. The maximum Gasteiger partial charge on any atom is 0.416 e. The van der Waals surface area contributed by atoms with E-state index in [1.807, 2.05) is 0 Å². The van der Waals surface area contributed by atoms with Crippen molar-refractivity contribution in [1.82, 2.24) is 10.0 Å². The molecule has 0 aromatic heterocycles. The van der Waals surface area contributed by atoms with Crippen LogP contribution in [0.1, 0.15) is 36.8 Å².